The Bertz CT molecular complexity index is 66.9. The van der Waals surface area contributed by atoms with Gasteiger partial charge < -0.3 is 3.07 Å². The topological polar surface area (TPSA) is 9.23 Å². The minimum atomic E-state index is 0. The molecular formula is C8H17IO. The molecule has 1 nitrogen and oxygen atoms in total. The normalized spacial score (nSPS) is 20.1. The zero-order valence-corrected chi connectivity index (χ0v) is 7.76. The average Bonchev–Trinajstić information content (AvgIpc) is 1.91. The van der Waals surface area contributed by atoms with Gasteiger partial charge in [-0.05, 0) is 18.8 Å². The lowest BCUT2D eigenvalue weighted by atomic mass is 9.90. The van der Waals surface area contributed by atoms with Crippen molar-refractivity contribution in [3.8, 4) is 0 Å². The van der Waals surface area contributed by atoms with E-state index >= 15 is 0 Å². The van der Waals surface area contributed by atoms with Gasteiger partial charge in [-0.25, -0.2) is 0 Å². The summed E-state index contributed by atoms with van der Waals surface area (Å²) in [5.74, 6) is 0.871. The maximum atomic E-state index is 5.05. The van der Waals surface area contributed by atoms with Crippen LogP contribution in [0.2, 0.25) is 0 Å². The van der Waals surface area contributed by atoms with E-state index in [0.717, 1.165) is 12.5 Å². The van der Waals surface area contributed by atoms with E-state index in [9.17, 15) is 0 Å². The Balaban J connectivity index is 0.000000810. The number of rotatable bonds is 2. The average molecular weight is 256 g/mol. The summed E-state index contributed by atoms with van der Waals surface area (Å²) in [6.07, 6.45) is 7.07. The van der Waals surface area contributed by atoms with Gasteiger partial charge in [0.05, 0.1) is 6.61 Å². The second-order valence-electron chi connectivity index (χ2n) is 2.78. The molecular weight excluding hydrogens is 239 g/mol. The van der Waals surface area contributed by atoms with Gasteiger partial charge in [-0.1, -0.05) is 26.7 Å². The summed E-state index contributed by atoms with van der Waals surface area (Å²) < 4.78 is 5.05. The van der Waals surface area contributed by atoms with Crippen LogP contribution in [-0.2, 0) is 3.07 Å². The molecule has 10 heavy (non-hydrogen) atoms. The highest BCUT2D eigenvalue weighted by Crippen LogP contribution is 2.23. The van der Waals surface area contributed by atoms with Crippen LogP contribution in [0.15, 0.2) is 0 Å². The smallest absolute Gasteiger partial charge is 0.109 e. The van der Waals surface area contributed by atoms with Gasteiger partial charge in [-0.3, -0.25) is 0 Å². The molecule has 1 fully saturated rings. The fraction of sp³-hybridized carbons (Fsp3) is 1.00. The molecule has 62 valence electrons. The Labute approximate surface area is 78.2 Å². The number of hydrogen-bond donors (Lipinski definition) is 0. The van der Waals surface area contributed by atoms with Crippen molar-refractivity contribution in [1.82, 2.24) is 0 Å². The minimum absolute atomic E-state index is 0. The highest BCUT2D eigenvalue weighted by molar-refractivity contribution is 14.1. The molecule has 0 aliphatic heterocycles. The first-order valence-corrected chi connectivity index (χ1v) is 4.55. The van der Waals surface area contributed by atoms with Gasteiger partial charge in [0.25, 0.3) is 0 Å². The van der Waals surface area contributed by atoms with Gasteiger partial charge in [-0.2, -0.15) is 0 Å². The Kier molecular flexibility index (Phi) is 6.85. The van der Waals surface area contributed by atoms with Crippen LogP contribution < -0.4 is 0 Å². The van der Waals surface area contributed by atoms with Crippen molar-refractivity contribution >= 4 is 23.0 Å². The largest absolute Gasteiger partial charge is 0.316 e. The molecule has 0 aromatic rings. The maximum Gasteiger partial charge on any atom is 0.109 e. The first kappa shape index (κ1) is 10.7. The molecule has 0 unspecified atom stereocenters. The van der Waals surface area contributed by atoms with E-state index in [1.54, 1.807) is 0 Å². The number of hydrogen-bond acceptors (Lipinski definition) is 1. The van der Waals surface area contributed by atoms with Gasteiger partial charge in [0.1, 0.15) is 23.0 Å². The van der Waals surface area contributed by atoms with E-state index in [4.69, 9.17) is 3.07 Å². The molecule has 0 heterocycles. The molecule has 0 aromatic heterocycles. The summed E-state index contributed by atoms with van der Waals surface area (Å²) in [5, 5.41) is 0. The lowest BCUT2D eigenvalue weighted by Crippen LogP contribution is -2.10. The quantitative estimate of drug-likeness (QED) is 0.686. The second kappa shape index (κ2) is 6.40. The molecule has 2 heteroatoms. The molecule has 1 aliphatic rings. The fourth-order valence-corrected chi connectivity index (χ4v) is 1.95. The minimum Gasteiger partial charge on any atom is -0.316 e. The van der Waals surface area contributed by atoms with Crippen molar-refractivity contribution in [2.24, 2.45) is 5.92 Å². The molecule has 0 spiro atoms. The van der Waals surface area contributed by atoms with Crippen molar-refractivity contribution < 1.29 is 3.07 Å². The van der Waals surface area contributed by atoms with Crippen molar-refractivity contribution in [3.05, 3.63) is 0 Å². The van der Waals surface area contributed by atoms with Crippen LogP contribution in [0, 0.1) is 5.92 Å². The predicted octanol–water partition coefficient (Wildman–Crippen LogP) is 3.57. The molecule has 0 atom stereocenters. The van der Waals surface area contributed by atoms with Crippen LogP contribution in [0.4, 0.5) is 0 Å². The third-order valence-electron chi connectivity index (χ3n) is 2.02. The van der Waals surface area contributed by atoms with E-state index in [-0.39, 0.29) is 7.43 Å². The highest BCUT2D eigenvalue weighted by Gasteiger charge is 2.12. The summed E-state index contributed by atoms with van der Waals surface area (Å²) in [6, 6.07) is 0. The van der Waals surface area contributed by atoms with Gasteiger partial charge >= 0.3 is 0 Å². The van der Waals surface area contributed by atoms with Gasteiger partial charge in [-0.15, -0.1) is 0 Å². The Morgan fingerprint density at radius 3 is 2.30 bits per heavy atom. The number of halogens is 1. The third-order valence-corrected chi connectivity index (χ3v) is 2.38. The van der Waals surface area contributed by atoms with Crippen LogP contribution in [0.3, 0.4) is 0 Å². The van der Waals surface area contributed by atoms with Gasteiger partial charge in [0.2, 0.25) is 0 Å². The lowest BCUT2D eigenvalue weighted by molar-refractivity contribution is 0.257. The van der Waals surface area contributed by atoms with E-state index in [1.165, 1.54) is 32.1 Å². The maximum absolute atomic E-state index is 5.05. The predicted molar refractivity (Wildman–Crippen MR) is 53.3 cm³/mol. The fourth-order valence-electron chi connectivity index (χ4n) is 1.44. The van der Waals surface area contributed by atoms with Crippen LogP contribution in [-0.4, -0.2) is 6.61 Å². The molecule has 0 aromatic carbocycles. The summed E-state index contributed by atoms with van der Waals surface area (Å²) in [7, 11) is 0. The Morgan fingerprint density at radius 1 is 1.20 bits per heavy atom. The molecule has 1 rings (SSSR count). The second-order valence-corrected chi connectivity index (χ2v) is 3.40. The monoisotopic (exact) mass is 256 g/mol. The summed E-state index contributed by atoms with van der Waals surface area (Å²) in [6.45, 7) is 0.973. The third kappa shape index (κ3) is 3.76. The van der Waals surface area contributed by atoms with E-state index in [0.29, 0.717) is 0 Å². The van der Waals surface area contributed by atoms with E-state index in [2.05, 4.69) is 0 Å². The van der Waals surface area contributed by atoms with E-state index in [1.807, 2.05) is 23.0 Å². The molecule has 0 amide bonds. The molecule has 0 N–H and O–H groups in total. The van der Waals surface area contributed by atoms with Crippen LogP contribution in [0.5, 0.6) is 0 Å². The Hall–Kier alpha value is 0.690. The summed E-state index contributed by atoms with van der Waals surface area (Å²) >= 11 is 1.99. The lowest BCUT2D eigenvalue weighted by Gasteiger charge is -2.19. The van der Waals surface area contributed by atoms with Gasteiger partial charge in [0.15, 0.2) is 0 Å². The zero-order chi connectivity index (χ0) is 6.53. The zero-order valence-electron chi connectivity index (χ0n) is 5.61. The van der Waals surface area contributed by atoms with E-state index < -0.39 is 0 Å². The summed E-state index contributed by atoms with van der Waals surface area (Å²) in [5.41, 5.74) is 0. The molecule has 0 bridgehead atoms. The first-order chi connectivity index (χ1) is 4.43. The van der Waals surface area contributed by atoms with Crippen molar-refractivity contribution in [2.45, 2.75) is 39.5 Å². The van der Waals surface area contributed by atoms with Crippen molar-refractivity contribution in [3.63, 3.8) is 0 Å². The molecule has 1 aliphatic carbocycles. The van der Waals surface area contributed by atoms with Crippen molar-refractivity contribution in [2.75, 3.05) is 6.61 Å². The molecule has 1 saturated carbocycles. The van der Waals surface area contributed by atoms with Crippen LogP contribution in [0.1, 0.15) is 39.5 Å². The summed E-state index contributed by atoms with van der Waals surface area (Å²) in [4.78, 5) is 0. The van der Waals surface area contributed by atoms with Crippen LogP contribution >= 0.6 is 23.0 Å². The highest BCUT2D eigenvalue weighted by atomic mass is 127. The molecule has 0 saturated heterocycles. The first-order valence-electron chi connectivity index (χ1n) is 3.67. The molecule has 0 radical (unpaired) electrons. The van der Waals surface area contributed by atoms with Crippen molar-refractivity contribution in [1.29, 1.82) is 0 Å². The Morgan fingerprint density at radius 2 is 1.80 bits per heavy atom. The standard InChI is InChI=1S/C7H13IO.CH4/c8-9-6-7-4-2-1-3-5-7;/h7H,1-6H2;1H4. The SMILES string of the molecule is C.IOCC1CCCCC1. The van der Waals surface area contributed by atoms with Crippen LogP contribution in [0.25, 0.3) is 0 Å². The van der Waals surface area contributed by atoms with Gasteiger partial charge in [0, 0.05) is 0 Å².